The van der Waals surface area contributed by atoms with Gasteiger partial charge in [0, 0.05) is 12.5 Å². The lowest BCUT2D eigenvalue weighted by atomic mass is 10.0. The quantitative estimate of drug-likeness (QED) is 0.644. The van der Waals surface area contributed by atoms with Crippen molar-refractivity contribution in [3.8, 4) is 17.2 Å². The molecule has 4 heteroatoms. The molecule has 0 unspecified atom stereocenters. The van der Waals surface area contributed by atoms with E-state index in [0.717, 1.165) is 6.42 Å². The molecule has 0 saturated carbocycles. The molecular formula is C16H24O4. The summed E-state index contributed by atoms with van der Waals surface area (Å²) in [5.41, 5.74) is 0.570. The third kappa shape index (κ3) is 4.15. The summed E-state index contributed by atoms with van der Waals surface area (Å²) in [4.78, 5) is 12.2. The van der Waals surface area contributed by atoms with Crippen LogP contribution in [0.1, 0.15) is 50.9 Å². The zero-order valence-electron chi connectivity index (χ0n) is 12.8. The van der Waals surface area contributed by atoms with Gasteiger partial charge in [0.15, 0.2) is 17.3 Å². The number of ketones is 1. The number of benzene rings is 1. The Morgan fingerprint density at radius 3 is 1.85 bits per heavy atom. The predicted octanol–water partition coefficient (Wildman–Crippen LogP) is 3.87. The Hall–Kier alpha value is -1.71. The average molecular weight is 280 g/mol. The van der Waals surface area contributed by atoms with Gasteiger partial charge in [-0.2, -0.15) is 0 Å². The zero-order chi connectivity index (χ0) is 15.0. The van der Waals surface area contributed by atoms with Gasteiger partial charge < -0.3 is 14.2 Å². The van der Waals surface area contributed by atoms with Crippen LogP contribution in [0.25, 0.3) is 0 Å². The summed E-state index contributed by atoms with van der Waals surface area (Å²) in [5.74, 6) is 1.85. The molecule has 0 bridgehead atoms. The van der Waals surface area contributed by atoms with E-state index < -0.39 is 0 Å². The molecule has 0 atom stereocenters. The van der Waals surface area contributed by atoms with Gasteiger partial charge in [-0.15, -0.1) is 0 Å². The monoisotopic (exact) mass is 280 g/mol. The molecule has 0 spiro atoms. The summed E-state index contributed by atoms with van der Waals surface area (Å²) in [6.45, 7) is 9.25. The fourth-order valence-corrected chi connectivity index (χ4v) is 1.93. The van der Waals surface area contributed by atoms with Gasteiger partial charge in [0.05, 0.1) is 25.4 Å². The maximum atomic E-state index is 12.2. The topological polar surface area (TPSA) is 44.8 Å². The molecule has 0 radical (unpaired) electrons. The molecule has 0 amide bonds. The van der Waals surface area contributed by atoms with Crippen molar-refractivity contribution >= 4 is 5.78 Å². The van der Waals surface area contributed by atoms with Crippen LogP contribution in [0.5, 0.6) is 17.2 Å². The van der Waals surface area contributed by atoms with Gasteiger partial charge in [0.1, 0.15) is 5.75 Å². The highest BCUT2D eigenvalue weighted by Crippen LogP contribution is 2.36. The van der Waals surface area contributed by atoms with Crippen molar-refractivity contribution in [2.45, 2.75) is 40.5 Å². The molecule has 0 aliphatic carbocycles. The van der Waals surface area contributed by atoms with Gasteiger partial charge in [-0.1, -0.05) is 6.92 Å². The van der Waals surface area contributed by atoms with Crippen LogP contribution in [0.15, 0.2) is 12.1 Å². The Morgan fingerprint density at radius 1 is 0.850 bits per heavy atom. The smallest absolute Gasteiger partial charge is 0.166 e. The van der Waals surface area contributed by atoms with E-state index in [1.54, 1.807) is 12.1 Å². The third-order valence-electron chi connectivity index (χ3n) is 2.72. The Morgan fingerprint density at radius 2 is 1.35 bits per heavy atom. The summed E-state index contributed by atoms with van der Waals surface area (Å²) >= 11 is 0. The molecule has 0 aliphatic heterocycles. The van der Waals surface area contributed by atoms with Crippen LogP contribution in [0.4, 0.5) is 0 Å². The van der Waals surface area contributed by atoms with E-state index in [-0.39, 0.29) is 5.78 Å². The highest BCUT2D eigenvalue weighted by molar-refractivity contribution is 5.99. The number of carbonyl (C=O) groups excluding carboxylic acids is 1. The number of rotatable bonds is 9. The van der Waals surface area contributed by atoms with Gasteiger partial charge in [-0.05, 0) is 33.3 Å². The minimum absolute atomic E-state index is 0.0694. The predicted molar refractivity (Wildman–Crippen MR) is 79.2 cm³/mol. The maximum absolute atomic E-state index is 12.2. The fourth-order valence-electron chi connectivity index (χ4n) is 1.93. The molecule has 1 aromatic carbocycles. The van der Waals surface area contributed by atoms with Crippen LogP contribution in [0.2, 0.25) is 0 Å². The van der Waals surface area contributed by atoms with Crippen LogP contribution in [0, 0.1) is 0 Å². The zero-order valence-corrected chi connectivity index (χ0v) is 12.8. The molecule has 0 saturated heterocycles. The van der Waals surface area contributed by atoms with E-state index in [4.69, 9.17) is 14.2 Å². The number of carbonyl (C=O) groups is 1. The van der Waals surface area contributed by atoms with Crippen molar-refractivity contribution < 1.29 is 19.0 Å². The summed E-state index contributed by atoms with van der Waals surface area (Å²) in [6.07, 6.45) is 1.31. The van der Waals surface area contributed by atoms with E-state index in [9.17, 15) is 4.79 Å². The minimum atomic E-state index is 0.0694. The third-order valence-corrected chi connectivity index (χ3v) is 2.72. The summed E-state index contributed by atoms with van der Waals surface area (Å²) in [5, 5.41) is 0. The van der Waals surface area contributed by atoms with Crippen molar-refractivity contribution in [2.75, 3.05) is 19.8 Å². The normalized spacial score (nSPS) is 10.2. The summed E-state index contributed by atoms with van der Waals surface area (Å²) in [6, 6.07) is 3.48. The SMILES string of the molecule is CCCC(=O)c1cc(OCC)c(OCC)cc1OCC. The molecule has 1 rings (SSSR count). The lowest BCUT2D eigenvalue weighted by Gasteiger charge is -2.16. The van der Waals surface area contributed by atoms with Gasteiger partial charge in [-0.25, -0.2) is 0 Å². The maximum Gasteiger partial charge on any atom is 0.166 e. The molecule has 0 heterocycles. The number of Topliss-reactive ketones (excluding diaryl/α,β-unsaturated/α-hetero) is 1. The second-order valence-electron chi connectivity index (χ2n) is 4.27. The number of hydrogen-bond donors (Lipinski definition) is 0. The Balaban J connectivity index is 3.24. The largest absolute Gasteiger partial charge is 0.493 e. The fraction of sp³-hybridized carbons (Fsp3) is 0.562. The summed E-state index contributed by atoms with van der Waals surface area (Å²) in [7, 11) is 0. The Labute approximate surface area is 121 Å². The molecule has 4 nitrogen and oxygen atoms in total. The van der Waals surface area contributed by atoms with Gasteiger partial charge in [0.25, 0.3) is 0 Å². The van der Waals surface area contributed by atoms with Crippen LogP contribution < -0.4 is 14.2 Å². The second-order valence-corrected chi connectivity index (χ2v) is 4.27. The van der Waals surface area contributed by atoms with Crippen molar-refractivity contribution in [1.82, 2.24) is 0 Å². The first kappa shape index (κ1) is 16.3. The average Bonchev–Trinajstić information content (AvgIpc) is 2.42. The van der Waals surface area contributed by atoms with Gasteiger partial charge in [0.2, 0.25) is 0 Å². The van der Waals surface area contributed by atoms with Crippen molar-refractivity contribution in [3.63, 3.8) is 0 Å². The highest BCUT2D eigenvalue weighted by atomic mass is 16.5. The first-order valence-electron chi connectivity index (χ1n) is 7.27. The van der Waals surface area contributed by atoms with E-state index in [1.165, 1.54) is 0 Å². The first-order valence-corrected chi connectivity index (χ1v) is 7.27. The molecule has 0 N–H and O–H groups in total. The summed E-state index contributed by atoms with van der Waals surface area (Å²) < 4.78 is 16.7. The standard InChI is InChI=1S/C16H24O4/c1-5-9-13(17)12-10-15(19-7-3)16(20-8-4)11-14(12)18-6-2/h10-11H,5-9H2,1-4H3. The molecule has 112 valence electrons. The van der Waals surface area contributed by atoms with E-state index in [1.807, 2.05) is 27.7 Å². The minimum Gasteiger partial charge on any atom is -0.493 e. The lowest BCUT2D eigenvalue weighted by Crippen LogP contribution is -2.07. The van der Waals surface area contributed by atoms with Gasteiger partial charge in [-0.3, -0.25) is 4.79 Å². The first-order chi connectivity index (χ1) is 9.67. The van der Waals surface area contributed by atoms with E-state index >= 15 is 0 Å². The Bertz CT molecular complexity index is 440. The molecule has 1 aromatic rings. The molecule has 0 aliphatic rings. The molecule has 20 heavy (non-hydrogen) atoms. The Kier molecular flexibility index (Phi) is 6.91. The molecule has 0 aromatic heterocycles. The van der Waals surface area contributed by atoms with Gasteiger partial charge >= 0.3 is 0 Å². The van der Waals surface area contributed by atoms with Crippen LogP contribution >= 0.6 is 0 Å². The van der Waals surface area contributed by atoms with Crippen LogP contribution in [0.3, 0.4) is 0 Å². The lowest BCUT2D eigenvalue weighted by molar-refractivity contribution is 0.0977. The highest BCUT2D eigenvalue weighted by Gasteiger charge is 2.17. The van der Waals surface area contributed by atoms with E-state index in [2.05, 4.69) is 0 Å². The van der Waals surface area contributed by atoms with Crippen molar-refractivity contribution in [2.24, 2.45) is 0 Å². The van der Waals surface area contributed by atoms with Crippen LogP contribution in [-0.4, -0.2) is 25.6 Å². The van der Waals surface area contributed by atoms with Crippen LogP contribution in [-0.2, 0) is 0 Å². The van der Waals surface area contributed by atoms with Crippen molar-refractivity contribution in [3.05, 3.63) is 17.7 Å². The number of hydrogen-bond acceptors (Lipinski definition) is 4. The molecule has 0 fully saturated rings. The molecular weight excluding hydrogens is 256 g/mol. The second kappa shape index (κ2) is 8.46. The number of ether oxygens (including phenoxy) is 3. The van der Waals surface area contributed by atoms with E-state index in [0.29, 0.717) is 49.1 Å². The van der Waals surface area contributed by atoms with Crippen molar-refractivity contribution in [1.29, 1.82) is 0 Å².